The number of nitrogens with zero attached hydrogens (tertiary/aromatic N) is 3. The molecule has 0 saturated carbocycles. The van der Waals surface area contributed by atoms with Gasteiger partial charge in [-0.05, 0) is 43.2 Å². The van der Waals surface area contributed by atoms with Crippen molar-refractivity contribution in [2.75, 3.05) is 12.4 Å². The fourth-order valence-corrected chi connectivity index (χ4v) is 3.00. The molecule has 0 aliphatic heterocycles. The molecule has 7 heteroatoms. The average Bonchev–Trinajstić information content (AvgIpc) is 2.70. The van der Waals surface area contributed by atoms with Crippen LogP contribution in [0.2, 0.25) is 0 Å². The van der Waals surface area contributed by atoms with Crippen molar-refractivity contribution in [3.63, 3.8) is 0 Å². The third-order valence-corrected chi connectivity index (χ3v) is 4.28. The van der Waals surface area contributed by atoms with Crippen LogP contribution >= 0.6 is 0 Å². The van der Waals surface area contributed by atoms with Crippen LogP contribution in [-0.4, -0.2) is 21.6 Å². The zero-order chi connectivity index (χ0) is 18.8. The first-order valence-corrected chi connectivity index (χ1v) is 8.52. The van der Waals surface area contributed by atoms with E-state index < -0.39 is 5.82 Å². The first kappa shape index (κ1) is 17.0. The van der Waals surface area contributed by atoms with Gasteiger partial charge in [0.25, 0.3) is 5.56 Å². The molecule has 0 spiro atoms. The fourth-order valence-electron chi connectivity index (χ4n) is 3.00. The summed E-state index contributed by atoms with van der Waals surface area (Å²) in [6.45, 7) is 0. The van der Waals surface area contributed by atoms with E-state index in [4.69, 9.17) is 4.74 Å². The second-order valence-corrected chi connectivity index (χ2v) is 6.05. The van der Waals surface area contributed by atoms with Gasteiger partial charge in [-0.15, -0.1) is 0 Å². The number of aromatic nitrogens is 3. The van der Waals surface area contributed by atoms with E-state index in [0.717, 1.165) is 12.1 Å². The second-order valence-electron chi connectivity index (χ2n) is 6.05. The monoisotopic (exact) mass is 364 g/mol. The summed E-state index contributed by atoms with van der Waals surface area (Å²) in [5, 5.41) is 3.33. The number of rotatable bonds is 4. The van der Waals surface area contributed by atoms with Gasteiger partial charge in [-0.1, -0.05) is 18.2 Å². The maximum Gasteiger partial charge on any atom is 0.267 e. The fraction of sp³-hybridized carbons (Fsp3) is 0.150. The molecule has 0 radical (unpaired) electrons. The molecule has 2 heterocycles. The van der Waals surface area contributed by atoms with Crippen LogP contribution in [-0.2, 0) is 0 Å². The Labute approximate surface area is 154 Å². The Balaban J connectivity index is 1.91. The number of methoxy groups -OCH3 is 1. The number of hydrogen-bond acceptors (Lipinski definition) is 5. The van der Waals surface area contributed by atoms with Gasteiger partial charge >= 0.3 is 0 Å². The number of hydrogen-bond donors (Lipinski definition) is 1. The molecule has 1 N–H and O–H groups in total. The molecule has 0 atom stereocenters. The number of benzene rings is 1. The van der Waals surface area contributed by atoms with Crippen molar-refractivity contribution in [1.29, 1.82) is 0 Å². The molecule has 136 valence electrons. The van der Waals surface area contributed by atoms with Gasteiger partial charge in [0.1, 0.15) is 11.6 Å². The topological polar surface area (TPSA) is 69.0 Å². The lowest BCUT2D eigenvalue weighted by atomic mass is 10.1. The molecule has 0 amide bonds. The lowest BCUT2D eigenvalue weighted by Crippen LogP contribution is -2.24. The number of fused-ring (bicyclic) bond motifs is 1. The Morgan fingerprint density at radius 1 is 1.22 bits per heavy atom. The average molecular weight is 364 g/mol. The largest absolute Gasteiger partial charge is 0.481 e. The third kappa shape index (κ3) is 3.31. The van der Waals surface area contributed by atoms with Crippen molar-refractivity contribution in [3.8, 4) is 5.88 Å². The van der Waals surface area contributed by atoms with Crippen LogP contribution in [0.1, 0.15) is 12.8 Å². The number of pyridine rings is 1. The normalized spacial score (nSPS) is 13.5. The summed E-state index contributed by atoms with van der Waals surface area (Å²) in [6.07, 6.45) is 7.28. The Hall–Kier alpha value is -3.48. The van der Waals surface area contributed by atoms with Gasteiger partial charge in [0, 0.05) is 11.8 Å². The van der Waals surface area contributed by atoms with E-state index in [-0.39, 0.29) is 10.9 Å². The van der Waals surface area contributed by atoms with E-state index in [2.05, 4.69) is 15.3 Å². The molecule has 3 aromatic rings. The molecule has 2 aromatic heterocycles. The van der Waals surface area contributed by atoms with E-state index in [9.17, 15) is 9.18 Å². The first-order valence-electron chi connectivity index (χ1n) is 8.52. The number of halogens is 1. The van der Waals surface area contributed by atoms with Crippen LogP contribution in [0, 0.1) is 5.82 Å². The molecule has 1 aromatic carbocycles. The molecule has 0 unspecified atom stereocenters. The van der Waals surface area contributed by atoms with Crippen LogP contribution in [0.5, 0.6) is 5.88 Å². The Bertz CT molecular complexity index is 1130. The molecule has 1 aliphatic rings. The molecular formula is C20H17FN4O2. The molecule has 27 heavy (non-hydrogen) atoms. The van der Waals surface area contributed by atoms with Crippen molar-refractivity contribution >= 4 is 28.4 Å². The molecule has 0 fully saturated rings. The Kier molecular flexibility index (Phi) is 4.42. The minimum atomic E-state index is -0.472. The minimum Gasteiger partial charge on any atom is -0.481 e. The van der Waals surface area contributed by atoms with Crippen molar-refractivity contribution < 1.29 is 9.13 Å². The summed E-state index contributed by atoms with van der Waals surface area (Å²) in [5.74, 6) is 0.780. The summed E-state index contributed by atoms with van der Waals surface area (Å²) in [6, 6.07) is 9.26. The number of anilines is 2. The highest BCUT2D eigenvalue weighted by molar-refractivity contribution is 5.80. The maximum absolute atomic E-state index is 13.7. The Morgan fingerprint density at radius 3 is 2.89 bits per heavy atom. The highest BCUT2D eigenvalue weighted by Gasteiger charge is 2.16. The smallest absolute Gasteiger partial charge is 0.267 e. The molecular weight excluding hydrogens is 347 g/mol. The van der Waals surface area contributed by atoms with Crippen molar-refractivity contribution in [2.45, 2.75) is 12.8 Å². The predicted octanol–water partition coefficient (Wildman–Crippen LogP) is 3.87. The summed E-state index contributed by atoms with van der Waals surface area (Å²) in [5.41, 5.74) is 0.869. The Morgan fingerprint density at radius 2 is 2.11 bits per heavy atom. The number of nitrogens with one attached hydrogen (secondary N) is 1. The quantitative estimate of drug-likeness (QED) is 0.761. The zero-order valence-electron chi connectivity index (χ0n) is 14.6. The van der Waals surface area contributed by atoms with Gasteiger partial charge < -0.3 is 10.1 Å². The van der Waals surface area contributed by atoms with Crippen molar-refractivity contribution in [1.82, 2.24) is 14.5 Å². The summed E-state index contributed by atoms with van der Waals surface area (Å²) < 4.78 is 20.3. The van der Waals surface area contributed by atoms with E-state index in [0.29, 0.717) is 29.6 Å². The second kappa shape index (κ2) is 7.03. The molecule has 0 bridgehead atoms. The van der Waals surface area contributed by atoms with Crippen molar-refractivity contribution in [2.24, 2.45) is 0 Å². The van der Waals surface area contributed by atoms with Gasteiger partial charge in [-0.3, -0.25) is 4.79 Å². The van der Waals surface area contributed by atoms with Crippen LogP contribution in [0.25, 0.3) is 16.6 Å². The van der Waals surface area contributed by atoms with Gasteiger partial charge in [-0.2, -0.15) is 4.98 Å². The summed E-state index contributed by atoms with van der Waals surface area (Å²) in [4.78, 5) is 22.0. The van der Waals surface area contributed by atoms with Crippen LogP contribution in [0.4, 0.5) is 16.2 Å². The minimum absolute atomic E-state index is 0.231. The van der Waals surface area contributed by atoms with Gasteiger partial charge in [-0.25, -0.2) is 13.9 Å². The van der Waals surface area contributed by atoms with E-state index in [1.807, 2.05) is 18.2 Å². The molecule has 6 nitrogen and oxygen atoms in total. The lowest BCUT2D eigenvalue weighted by Gasteiger charge is -2.18. The highest BCUT2D eigenvalue weighted by Crippen LogP contribution is 2.24. The van der Waals surface area contributed by atoms with Gasteiger partial charge in [0.05, 0.1) is 18.0 Å². The first-order chi connectivity index (χ1) is 13.2. The zero-order valence-corrected chi connectivity index (χ0v) is 14.6. The van der Waals surface area contributed by atoms with Crippen LogP contribution in [0.3, 0.4) is 0 Å². The van der Waals surface area contributed by atoms with E-state index in [1.165, 1.54) is 29.9 Å². The predicted molar refractivity (Wildman–Crippen MR) is 103 cm³/mol. The highest BCUT2D eigenvalue weighted by atomic mass is 19.1. The van der Waals surface area contributed by atoms with E-state index in [1.54, 1.807) is 18.2 Å². The van der Waals surface area contributed by atoms with Gasteiger partial charge in [0.15, 0.2) is 0 Å². The number of allylic oxidation sites excluding steroid dienone is 4. The standard InChI is InChI=1S/C20H17FN4O2/c1-27-18-9-5-8-17(23-18)24-20-22-16-11-10-13(21)12-15(16)19(26)25(20)14-6-3-2-4-7-14/h2-3,5-6,8-12H,4,7H2,1H3,(H,22,23,24). The molecule has 4 rings (SSSR count). The molecule has 0 saturated heterocycles. The SMILES string of the molecule is COc1cccc(Nc2nc3ccc(F)cc3c(=O)n2C2=CC=CCC2)n1. The lowest BCUT2D eigenvalue weighted by molar-refractivity contribution is 0.398. The number of ether oxygens (including phenoxy) is 1. The van der Waals surface area contributed by atoms with Crippen LogP contribution in [0.15, 0.2) is 59.4 Å². The van der Waals surface area contributed by atoms with Gasteiger partial charge in [0.2, 0.25) is 11.8 Å². The van der Waals surface area contributed by atoms with Crippen molar-refractivity contribution in [3.05, 3.63) is 70.8 Å². The third-order valence-electron chi connectivity index (χ3n) is 4.28. The maximum atomic E-state index is 13.7. The summed E-state index contributed by atoms with van der Waals surface area (Å²) >= 11 is 0. The van der Waals surface area contributed by atoms with E-state index >= 15 is 0 Å². The van der Waals surface area contributed by atoms with Crippen LogP contribution < -0.4 is 15.6 Å². The molecule has 1 aliphatic carbocycles. The summed E-state index contributed by atoms with van der Waals surface area (Å²) in [7, 11) is 1.53.